The minimum Gasteiger partial charge on any atom is -0.295 e. The fourth-order valence-electron chi connectivity index (χ4n) is 2.39. The van der Waals surface area contributed by atoms with Gasteiger partial charge in [0, 0.05) is 10.4 Å². The summed E-state index contributed by atoms with van der Waals surface area (Å²) < 4.78 is 27.9. The van der Waals surface area contributed by atoms with Gasteiger partial charge in [-0.2, -0.15) is 0 Å². The molecule has 1 fully saturated rings. The highest BCUT2D eigenvalue weighted by atomic mass is 32.2. The van der Waals surface area contributed by atoms with Gasteiger partial charge in [-0.25, -0.2) is 13.1 Å². The van der Waals surface area contributed by atoms with Gasteiger partial charge in [0.2, 0.25) is 10.0 Å². The maximum atomic E-state index is 12.6. The second kappa shape index (κ2) is 5.95. The Bertz CT molecular complexity index is 760. The van der Waals surface area contributed by atoms with Crippen LogP contribution in [0.2, 0.25) is 0 Å². The van der Waals surface area contributed by atoms with E-state index in [1.165, 1.54) is 19.1 Å². The van der Waals surface area contributed by atoms with Crippen molar-refractivity contribution in [2.45, 2.75) is 30.7 Å². The summed E-state index contributed by atoms with van der Waals surface area (Å²) in [6.07, 6.45) is 2.10. The molecule has 22 heavy (non-hydrogen) atoms. The van der Waals surface area contributed by atoms with Gasteiger partial charge in [0.05, 0.1) is 10.9 Å². The third-order valence-corrected chi connectivity index (χ3v) is 6.21. The molecule has 6 heteroatoms. The highest BCUT2D eigenvalue weighted by Crippen LogP contribution is 2.43. The van der Waals surface area contributed by atoms with Gasteiger partial charge in [0.15, 0.2) is 5.78 Å². The number of rotatable bonds is 6. The lowest BCUT2D eigenvalue weighted by molar-refractivity contribution is 0.101. The van der Waals surface area contributed by atoms with Crippen LogP contribution in [0.1, 0.15) is 41.0 Å². The van der Waals surface area contributed by atoms with Crippen molar-refractivity contribution in [1.82, 2.24) is 4.72 Å². The number of benzene rings is 1. The smallest absolute Gasteiger partial charge is 0.241 e. The predicted octanol–water partition coefficient (Wildman–Crippen LogP) is 3.38. The molecule has 0 spiro atoms. The number of sulfonamides is 1. The number of Topliss-reactive ketones (excluding diaryl/α,β-unsaturated/α-hetero) is 1. The molecule has 0 radical (unpaired) electrons. The maximum Gasteiger partial charge on any atom is 0.241 e. The molecule has 0 bridgehead atoms. The molecule has 1 aliphatic carbocycles. The second-order valence-corrected chi connectivity index (χ2v) is 8.23. The topological polar surface area (TPSA) is 63.2 Å². The summed E-state index contributed by atoms with van der Waals surface area (Å²) in [5, 5.41) is 1.96. The van der Waals surface area contributed by atoms with Crippen LogP contribution in [0, 0.1) is 5.92 Å². The summed E-state index contributed by atoms with van der Waals surface area (Å²) in [4.78, 5) is 12.5. The van der Waals surface area contributed by atoms with E-state index in [1.54, 1.807) is 23.5 Å². The zero-order chi connectivity index (χ0) is 15.7. The first-order valence-corrected chi connectivity index (χ1v) is 9.50. The third kappa shape index (κ3) is 3.29. The first kappa shape index (κ1) is 15.4. The molecule has 1 N–H and O–H groups in total. The van der Waals surface area contributed by atoms with Crippen LogP contribution in [0.5, 0.6) is 0 Å². The second-order valence-electron chi connectivity index (χ2n) is 5.53. The van der Waals surface area contributed by atoms with Crippen LogP contribution in [-0.2, 0) is 10.0 Å². The molecule has 1 aromatic heterocycles. The molecule has 4 nitrogen and oxygen atoms in total. The summed E-state index contributed by atoms with van der Waals surface area (Å²) in [5.41, 5.74) is 0.510. The van der Waals surface area contributed by atoms with Crippen molar-refractivity contribution in [2.24, 2.45) is 5.92 Å². The number of hydrogen-bond acceptors (Lipinski definition) is 4. The fraction of sp³-hybridized carbons (Fsp3) is 0.312. The Hall–Kier alpha value is -1.50. The highest BCUT2D eigenvalue weighted by molar-refractivity contribution is 7.89. The molecule has 0 aliphatic heterocycles. The Kier molecular flexibility index (Phi) is 4.16. The minimum atomic E-state index is -3.59. The zero-order valence-electron chi connectivity index (χ0n) is 12.2. The standard InChI is InChI=1S/C16H17NO3S2/c1-11(18)12-6-8-14(9-7-12)22(19,20)17-16(13-4-5-13)15-3-2-10-21-15/h2-3,6-10,13,16-17H,4-5H2,1H3/t16-/m1/s1. The fourth-order valence-corrected chi connectivity index (χ4v) is 4.62. The highest BCUT2D eigenvalue weighted by Gasteiger charge is 2.36. The molecule has 0 amide bonds. The first-order chi connectivity index (χ1) is 10.5. The monoisotopic (exact) mass is 335 g/mol. The number of carbonyl (C=O) groups excluding carboxylic acids is 1. The van der Waals surface area contributed by atoms with Crippen molar-refractivity contribution in [3.8, 4) is 0 Å². The van der Waals surface area contributed by atoms with Gasteiger partial charge in [-0.05, 0) is 49.3 Å². The molecular formula is C16H17NO3S2. The van der Waals surface area contributed by atoms with E-state index in [2.05, 4.69) is 4.72 Å². The maximum absolute atomic E-state index is 12.6. The summed E-state index contributed by atoms with van der Waals surface area (Å²) >= 11 is 1.57. The van der Waals surface area contributed by atoms with Gasteiger partial charge in [-0.15, -0.1) is 11.3 Å². The summed E-state index contributed by atoms with van der Waals surface area (Å²) in [5.74, 6) is 0.302. The molecule has 1 aromatic carbocycles. The number of thiophene rings is 1. The van der Waals surface area contributed by atoms with Crippen molar-refractivity contribution in [3.63, 3.8) is 0 Å². The quantitative estimate of drug-likeness (QED) is 0.823. The van der Waals surface area contributed by atoms with Crippen LogP contribution < -0.4 is 4.72 Å². The first-order valence-electron chi connectivity index (χ1n) is 7.14. The van der Waals surface area contributed by atoms with E-state index in [0.29, 0.717) is 11.5 Å². The summed E-state index contributed by atoms with van der Waals surface area (Å²) in [6.45, 7) is 1.46. The van der Waals surface area contributed by atoms with Crippen LogP contribution in [0.4, 0.5) is 0 Å². The van der Waals surface area contributed by atoms with Crippen molar-refractivity contribution in [3.05, 3.63) is 52.2 Å². The molecule has 116 valence electrons. The van der Waals surface area contributed by atoms with E-state index in [1.807, 2.05) is 17.5 Å². The zero-order valence-corrected chi connectivity index (χ0v) is 13.8. The average molecular weight is 335 g/mol. The molecule has 1 saturated carbocycles. The van der Waals surface area contributed by atoms with E-state index in [0.717, 1.165) is 17.7 Å². The van der Waals surface area contributed by atoms with E-state index >= 15 is 0 Å². The molecule has 3 rings (SSSR count). The van der Waals surface area contributed by atoms with Crippen LogP contribution >= 0.6 is 11.3 Å². The van der Waals surface area contributed by atoms with Gasteiger partial charge >= 0.3 is 0 Å². The molecule has 0 saturated heterocycles. The van der Waals surface area contributed by atoms with Gasteiger partial charge in [-0.3, -0.25) is 4.79 Å². The lowest BCUT2D eigenvalue weighted by Crippen LogP contribution is -2.29. The molecule has 2 aromatic rings. The summed E-state index contributed by atoms with van der Waals surface area (Å²) in [7, 11) is -3.59. The Morgan fingerprint density at radius 3 is 2.41 bits per heavy atom. The molecular weight excluding hydrogens is 318 g/mol. The molecule has 1 heterocycles. The number of nitrogens with one attached hydrogen (secondary N) is 1. The lowest BCUT2D eigenvalue weighted by Gasteiger charge is -2.17. The predicted molar refractivity (Wildman–Crippen MR) is 86.6 cm³/mol. The Balaban J connectivity index is 1.84. The molecule has 0 unspecified atom stereocenters. The lowest BCUT2D eigenvalue weighted by atomic mass is 10.2. The largest absolute Gasteiger partial charge is 0.295 e. The normalized spacial score (nSPS) is 16.4. The van der Waals surface area contributed by atoms with Crippen LogP contribution in [0.3, 0.4) is 0 Å². The number of carbonyl (C=O) groups is 1. The summed E-state index contributed by atoms with van der Waals surface area (Å²) in [6, 6.07) is 9.81. The minimum absolute atomic E-state index is 0.0775. The van der Waals surface area contributed by atoms with E-state index < -0.39 is 10.0 Å². The molecule has 1 atom stereocenters. The van der Waals surface area contributed by atoms with Gasteiger partial charge in [0.25, 0.3) is 0 Å². The van der Waals surface area contributed by atoms with Gasteiger partial charge < -0.3 is 0 Å². The Labute approximate surface area is 134 Å². The number of ketones is 1. The van der Waals surface area contributed by atoms with E-state index in [-0.39, 0.29) is 16.7 Å². The Morgan fingerprint density at radius 1 is 1.23 bits per heavy atom. The van der Waals surface area contributed by atoms with Crippen molar-refractivity contribution in [1.29, 1.82) is 0 Å². The van der Waals surface area contributed by atoms with Gasteiger partial charge in [-0.1, -0.05) is 18.2 Å². The molecule has 1 aliphatic rings. The number of hydrogen-bond donors (Lipinski definition) is 1. The average Bonchev–Trinajstić information content (AvgIpc) is 3.19. The SMILES string of the molecule is CC(=O)c1ccc(S(=O)(=O)N[C@@H](c2cccs2)C2CC2)cc1. The van der Waals surface area contributed by atoms with Crippen LogP contribution in [0.25, 0.3) is 0 Å². The Morgan fingerprint density at radius 2 is 1.91 bits per heavy atom. The third-order valence-electron chi connectivity index (χ3n) is 3.80. The van der Waals surface area contributed by atoms with E-state index in [4.69, 9.17) is 0 Å². The van der Waals surface area contributed by atoms with E-state index in [9.17, 15) is 13.2 Å². The van der Waals surface area contributed by atoms with Crippen molar-refractivity contribution in [2.75, 3.05) is 0 Å². The van der Waals surface area contributed by atoms with Crippen LogP contribution in [-0.4, -0.2) is 14.2 Å². The van der Waals surface area contributed by atoms with Crippen molar-refractivity contribution >= 4 is 27.1 Å². The van der Waals surface area contributed by atoms with Gasteiger partial charge in [0.1, 0.15) is 0 Å². The van der Waals surface area contributed by atoms with Crippen LogP contribution in [0.15, 0.2) is 46.7 Å². The van der Waals surface area contributed by atoms with Crippen molar-refractivity contribution < 1.29 is 13.2 Å².